The molecule has 0 radical (unpaired) electrons. The van der Waals surface area contributed by atoms with Crippen molar-refractivity contribution in [1.29, 1.82) is 0 Å². The quantitative estimate of drug-likeness (QED) is 0.873. The van der Waals surface area contributed by atoms with Crippen LogP contribution in [0.3, 0.4) is 0 Å². The van der Waals surface area contributed by atoms with Gasteiger partial charge in [-0.3, -0.25) is 0 Å². The van der Waals surface area contributed by atoms with E-state index in [1.165, 1.54) is 17.2 Å². The molecule has 2 rings (SSSR count). The third-order valence-corrected chi connectivity index (χ3v) is 4.58. The van der Waals surface area contributed by atoms with E-state index in [0.29, 0.717) is 5.82 Å². The Labute approximate surface area is 115 Å². The van der Waals surface area contributed by atoms with Crippen molar-refractivity contribution in [2.45, 2.75) is 18.0 Å². The lowest BCUT2D eigenvalue weighted by molar-refractivity contribution is 0.550. The summed E-state index contributed by atoms with van der Waals surface area (Å²) in [7, 11) is -0.466. The molecule has 0 fully saturated rings. The van der Waals surface area contributed by atoms with Gasteiger partial charge in [0.2, 0.25) is 5.03 Å². The van der Waals surface area contributed by atoms with Gasteiger partial charge in [0, 0.05) is 14.1 Å². The maximum atomic E-state index is 12.2. The fourth-order valence-corrected chi connectivity index (χ4v) is 3.23. The first kappa shape index (κ1) is 14.0. The summed E-state index contributed by atoms with van der Waals surface area (Å²) >= 11 is 5.88. The van der Waals surface area contributed by atoms with Crippen LogP contribution >= 0.6 is 11.6 Å². The molecule has 2 aromatic heterocycles. The molecule has 8 nitrogen and oxygen atoms in total. The number of imidazole rings is 1. The highest BCUT2D eigenvalue weighted by molar-refractivity contribution is 7.89. The van der Waals surface area contributed by atoms with Gasteiger partial charge in [0.05, 0.1) is 12.4 Å². The molecule has 2 aromatic rings. The zero-order valence-corrected chi connectivity index (χ0v) is 12.1. The van der Waals surface area contributed by atoms with Crippen LogP contribution in [-0.4, -0.2) is 32.7 Å². The van der Waals surface area contributed by atoms with Gasteiger partial charge in [-0.25, -0.2) is 13.4 Å². The Kier molecular flexibility index (Phi) is 3.61. The Morgan fingerprint density at radius 3 is 2.47 bits per heavy atom. The van der Waals surface area contributed by atoms with E-state index in [9.17, 15) is 8.42 Å². The molecule has 1 N–H and O–H groups in total. The Bertz CT molecular complexity index is 691. The number of hydrogen-bond donors (Lipinski definition) is 1. The number of hydrogen-bond acceptors (Lipinski definition) is 5. The van der Waals surface area contributed by atoms with Crippen LogP contribution in [0.15, 0.2) is 17.7 Å². The first-order valence-corrected chi connectivity index (χ1v) is 7.22. The normalized spacial score (nSPS) is 13.7. The molecule has 104 valence electrons. The number of halogens is 1. The lowest BCUT2D eigenvalue weighted by Crippen LogP contribution is -2.29. The summed E-state index contributed by atoms with van der Waals surface area (Å²) in [6, 6.07) is -0.546. The summed E-state index contributed by atoms with van der Waals surface area (Å²) in [6.45, 7) is 1.67. The molecular weight excluding hydrogens is 292 g/mol. The van der Waals surface area contributed by atoms with Gasteiger partial charge in [-0.15, -0.1) is 10.2 Å². The van der Waals surface area contributed by atoms with E-state index in [-0.39, 0.29) is 10.2 Å². The van der Waals surface area contributed by atoms with E-state index in [1.54, 1.807) is 25.6 Å². The second kappa shape index (κ2) is 4.91. The maximum absolute atomic E-state index is 12.2. The van der Waals surface area contributed by atoms with Gasteiger partial charge in [-0.05, 0) is 6.92 Å². The number of sulfonamides is 1. The molecule has 0 saturated heterocycles. The summed E-state index contributed by atoms with van der Waals surface area (Å²) in [4.78, 5) is 3.78. The number of aromatic nitrogens is 5. The number of rotatable bonds is 4. The van der Waals surface area contributed by atoms with Crippen molar-refractivity contribution >= 4 is 21.6 Å². The summed E-state index contributed by atoms with van der Waals surface area (Å²) in [5.74, 6) is 0.496. The van der Waals surface area contributed by atoms with Crippen molar-refractivity contribution in [1.82, 2.24) is 29.0 Å². The fraction of sp³-hybridized carbons (Fsp3) is 0.444. The van der Waals surface area contributed by atoms with Gasteiger partial charge in [-0.1, -0.05) is 11.6 Å². The van der Waals surface area contributed by atoms with Crippen LogP contribution in [0.2, 0.25) is 5.15 Å². The van der Waals surface area contributed by atoms with Gasteiger partial charge in [-0.2, -0.15) is 4.72 Å². The minimum absolute atomic E-state index is 0.0534. The van der Waals surface area contributed by atoms with E-state index in [2.05, 4.69) is 19.9 Å². The Hall–Kier alpha value is -1.45. The molecule has 0 saturated carbocycles. The van der Waals surface area contributed by atoms with Crippen molar-refractivity contribution in [2.24, 2.45) is 14.1 Å². The number of nitrogens with one attached hydrogen (secondary N) is 1. The first-order chi connectivity index (χ1) is 8.83. The highest BCUT2D eigenvalue weighted by Gasteiger charge is 2.26. The monoisotopic (exact) mass is 304 g/mol. The molecule has 0 aliphatic rings. The van der Waals surface area contributed by atoms with Gasteiger partial charge in [0.25, 0.3) is 10.0 Å². The summed E-state index contributed by atoms with van der Waals surface area (Å²) in [5, 5.41) is 7.40. The van der Waals surface area contributed by atoms with Crippen molar-refractivity contribution in [3.05, 3.63) is 23.6 Å². The molecular formula is C9H13ClN6O2S. The van der Waals surface area contributed by atoms with E-state index in [1.807, 2.05) is 0 Å². The van der Waals surface area contributed by atoms with Crippen LogP contribution in [0.25, 0.3) is 0 Å². The predicted octanol–water partition coefficient (Wildman–Crippen LogP) is 0.241. The van der Waals surface area contributed by atoms with Crippen LogP contribution in [0.5, 0.6) is 0 Å². The topological polar surface area (TPSA) is 94.7 Å². The van der Waals surface area contributed by atoms with Gasteiger partial charge in [0.1, 0.15) is 17.3 Å². The molecule has 1 atom stereocenters. The maximum Gasteiger partial charge on any atom is 0.261 e. The third kappa shape index (κ3) is 2.62. The Morgan fingerprint density at radius 2 is 2.00 bits per heavy atom. The number of nitrogens with zero attached hydrogens (tertiary/aromatic N) is 5. The van der Waals surface area contributed by atoms with Crippen molar-refractivity contribution in [2.75, 3.05) is 0 Å². The highest BCUT2D eigenvalue weighted by atomic mass is 35.5. The standard InChI is InChI=1S/C9H13ClN6O2S/c1-6(8-13-12-5-16(8)3)14-19(17,18)9-7(10)15(2)4-11-9/h4-6,14H,1-3H3. The lowest BCUT2D eigenvalue weighted by atomic mass is 10.3. The van der Waals surface area contributed by atoms with Crippen molar-refractivity contribution in [3.63, 3.8) is 0 Å². The lowest BCUT2D eigenvalue weighted by Gasteiger charge is -2.12. The molecule has 2 heterocycles. The predicted molar refractivity (Wildman–Crippen MR) is 68.0 cm³/mol. The van der Waals surface area contributed by atoms with E-state index in [4.69, 9.17) is 11.6 Å². The molecule has 0 aliphatic carbocycles. The van der Waals surface area contributed by atoms with Crippen LogP contribution in [-0.2, 0) is 24.1 Å². The van der Waals surface area contributed by atoms with Crippen LogP contribution in [0, 0.1) is 0 Å². The second-order valence-electron chi connectivity index (χ2n) is 4.09. The molecule has 0 bridgehead atoms. The molecule has 10 heteroatoms. The zero-order valence-electron chi connectivity index (χ0n) is 10.6. The summed E-state index contributed by atoms with van der Waals surface area (Å²) in [5.41, 5.74) is 0. The third-order valence-electron chi connectivity index (χ3n) is 2.55. The first-order valence-electron chi connectivity index (χ1n) is 5.36. The Balaban J connectivity index is 2.28. The second-order valence-corrected chi connectivity index (χ2v) is 6.08. The average Bonchev–Trinajstić information content (AvgIpc) is 2.86. The van der Waals surface area contributed by atoms with E-state index >= 15 is 0 Å². The number of aryl methyl sites for hydroxylation is 2. The van der Waals surface area contributed by atoms with Gasteiger partial charge >= 0.3 is 0 Å². The van der Waals surface area contributed by atoms with Crippen molar-refractivity contribution < 1.29 is 8.42 Å². The molecule has 0 amide bonds. The molecule has 19 heavy (non-hydrogen) atoms. The largest absolute Gasteiger partial charge is 0.324 e. The van der Waals surface area contributed by atoms with Crippen LogP contribution < -0.4 is 4.72 Å². The smallest absolute Gasteiger partial charge is 0.261 e. The summed E-state index contributed by atoms with van der Waals surface area (Å²) in [6.07, 6.45) is 2.83. The summed E-state index contributed by atoms with van der Waals surface area (Å²) < 4.78 is 29.8. The minimum Gasteiger partial charge on any atom is -0.324 e. The zero-order chi connectivity index (χ0) is 14.2. The van der Waals surface area contributed by atoms with Crippen LogP contribution in [0.1, 0.15) is 18.8 Å². The molecule has 1 unspecified atom stereocenters. The molecule has 0 aromatic carbocycles. The Morgan fingerprint density at radius 1 is 1.32 bits per heavy atom. The van der Waals surface area contributed by atoms with E-state index < -0.39 is 16.1 Å². The molecule has 0 spiro atoms. The van der Waals surface area contributed by atoms with E-state index in [0.717, 1.165) is 0 Å². The molecule has 0 aliphatic heterocycles. The van der Waals surface area contributed by atoms with Gasteiger partial charge in [0.15, 0.2) is 0 Å². The van der Waals surface area contributed by atoms with Gasteiger partial charge < -0.3 is 9.13 Å². The van der Waals surface area contributed by atoms with Crippen molar-refractivity contribution in [3.8, 4) is 0 Å². The average molecular weight is 305 g/mol. The minimum atomic E-state index is -3.81. The van der Waals surface area contributed by atoms with Crippen LogP contribution in [0.4, 0.5) is 0 Å². The highest BCUT2D eigenvalue weighted by Crippen LogP contribution is 2.20. The fourth-order valence-electron chi connectivity index (χ4n) is 1.60. The SMILES string of the molecule is CC(NS(=O)(=O)c1ncn(C)c1Cl)c1nncn1C.